The van der Waals surface area contributed by atoms with E-state index in [1.165, 1.54) is 0 Å². The van der Waals surface area contributed by atoms with Gasteiger partial charge in [-0.1, -0.05) is 0 Å². The Morgan fingerprint density at radius 2 is 2.11 bits per heavy atom. The Bertz CT molecular complexity index is 106. The number of alkyl halides is 2. The lowest BCUT2D eigenvalue weighted by atomic mass is 10.3. The second kappa shape index (κ2) is 3.93. The maximum absolute atomic E-state index is 9.91. The second-order valence-electron chi connectivity index (χ2n) is 1.45. The molecule has 0 saturated carbocycles. The van der Waals surface area contributed by atoms with Crippen molar-refractivity contribution >= 4 is 29.2 Å². The molecule has 0 unspecified atom stereocenters. The van der Waals surface area contributed by atoms with E-state index in [0.29, 0.717) is 0 Å². The van der Waals surface area contributed by atoms with Gasteiger partial charge in [-0.2, -0.15) is 0 Å². The van der Waals surface area contributed by atoms with Crippen LogP contribution in [0.1, 0.15) is 0 Å². The summed E-state index contributed by atoms with van der Waals surface area (Å²) in [6, 6.07) is 0. The van der Waals surface area contributed by atoms with Crippen LogP contribution in [-0.4, -0.2) is 33.5 Å². The number of aliphatic carboxylic acids is 1. The van der Waals surface area contributed by atoms with Gasteiger partial charge in [0.1, 0.15) is 0 Å². The van der Waals surface area contributed by atoms with Crippen molar-refractivity contribution in [2.75, 3.05) is 5.88 Å². The summed E-state index contributed by atoms with van der Waals surface area (Å²) in [5, 5.41) is 15.8. The molecule has 0 aliphatic rings. The third-order valence-corrected chi connectivity index (χ3v) is 1.63. The first kappa shape index (κ1) is 9.01. The minimum absolute atomic E-state index is 0.0744. The van der Waals surface area contributed by atoms with Crippen molar-refractivity contribution in [2.45, 2.75) is 11.5 Å². The Labute approximate surface area is 62.2 Å². The number of carboxylic acid groups (broad SMARTS) is 1. The van der Waals surface area contributed by atoms with Gasteiger partial charge >= 0.3 is 5.97 Å². The number of rotatable bonds is 3. The number of aliphatic hydroxyl groups is 1. The van der Waals surface area contributed by atoms with E-state index in [1.54, 1.807) is 0 Å². The summed E-state index contributed by atoms with van der Waals surface area (Å²) in [5.41, 5.74) is 0. The van der Waals surface area contributed by atoms with E-state index in [-0.39, 0.29) is 5.88 Å². The van der Waals surface area contributed by atoms with Crippen LogP contribution in [0.25, 0.3) is 0 Å². The molecule has 0 saturated heterocycles. The van der Waals surface area contributed by atoms with Gasteiger partial charge in [0, 0.05) is 5.88 Å². The topological polar surface area (TPSA) is 57.5 Å². The third-order valence-electron chi connectivity index (χ3n) is 0.743. The molecule has 0 heterocycles. The molecular weight excluding hydrogens is 167 g/mol. The minimum Gasteiger partial charge on any atom is -0.479 e. The lowest BCUT2D eigenvalue weighted by molar-refractivity contribution is -0.146. The van der Waals surface area contributed by atoms with E-state index in [9.17, 15) is 4.79 Å². The fraction of sp³-hybridized carbons (Fsp3) is 0.750. The summed E-state index contributed by atoms with van der Waals surface area (Å²) in [5.74, 6) is -1.43. The van der Waals surface area contributed by atoms with E-state index in [1.807, 2.05) is 0 Å². The van der Waals surface area contributed by atoms with Crippen molar-refractivity contribution in [3.8, 4) is 0 Å². The van der Waals surface area contributed by atoms with Crippen LogP contribution in [0.15, 0.2) is 0 Å². The van der Waals surface area contributed by atoms with Crippen LogP contribution in [0.2, 0.25) is 0 Å². The number of hydrogen-bond acceptors (Lipinski definition) is 2. The van der Waals surface area contributed by atoms with E-state index in [4.69, 9.17) is 33.4 Å². The average Bonchev–Trinajstić information content (AvgIpc) is 1.84. The molecule has 3 nitrogen and oxygen atoms in total. The van der Waals surface area contributed by atoms with Crippen molar-refractivity contribution in [1.82, 2.24) is 0 Å². The van der Waals surface area contributed by atoms with Gasteiger partial charge in [0.05, 0.1) is 5.38 Å². The maximum Gasteiger partial charge on any atom is 0.334 e. The third kappa shape index (κ3) is 2.89. The van der Waals surface area contributed by atoms with Crippen molar-refractivity contribution in [3.05, 3.63) is 0 Å². The monoisotopic (exact) mass is 172 g/mol. The van der Waals surface area contributed by atoms with Crippen LogP contribution in [0, 0.1) is 0 Å². The molecule has 0 aromatic heterocycles. The highest BCUT2D eigenvalue weighted by Crippen LogP contribution is 2.04. The van der Waals surface area contributed by atoms with Crippen LogP contribution in [0.5, 0.6) is 0 Å². The van der Waals surface area contributed by atoms with Crippen molar-refractivity contribution in [2.24, 2.45) is 0 Å². The van der Waals surface area contributed by atoms with Crippen LogP contribution in [0.3, 0.4) is 0 Å². The zero-order valence-corrected chi connectivity index (χ0v) is 5.93. The summed E-state index contributed by atoms with van der Waals surface area (Å²) in [4.78, 5) is 9.91. The Morgan fingerprint density at radius 1 is 1.67 bits per heavy atom. The highest BCUT2D eigenvalue weighted by Gasteiger charge is 2.22. The Morgan fingerprint density at radius 3 is 2.22 bits per heavy atom. The van der Waals surface area contributed by atoms with E-state index < -0.39 is 17.5 Å². The predicted molar refractivity (Wildman–Crippen MR) is 34.0 cm³/mol. The van der Waals surface area contributed by atoms with E-state index in [0.717, 1.165) is 0 Å². The van der Waals surface area contributed by atoms with Gasteiger partial charge in [0.2, 0.25) is 0 Å². The van der Waals surface area contributed by atoms with Gasteiger partial charge < -0.3 is 10.2 Å². The standard InChI is InChI=1S/C4H6Cl2O3/c5-1-2(6)3(7)4(8)9/h2-3,7H,1H2,(H,8,9)/t2-,3-/m1/s1. The Hall–Kier alpha value is 0.01000. The minimum atomic E-state index is -1.57. The number of aliphatic hydroxyl groups excluding tert-OH is 1. The molecule has 0 aliphatic heterocycles. The lowest BCUT2D eigenvalue weighted by Crippen LogP contribution is -2.30. The van der Waals surface area contributed by atoms with Gasteiger partial charge in [0.15, 0.2) is 6.10 Å². The molecule has 54 valence electrons. The van der Waals surface area contributed by atoms with E-state index >= 15 is 0 Å². The summed E-state index contributed by atoms with van der Waals surface area (Å²) >= 11 is 10.4. The summed E-state index contributed by atoms with van der Waals surface area (Å²) < 4.78 is 0. The number of halogens is 2. The first-order valence-electron chi connectivity index (χ1n) is 2.20. The molecule has 0 spiro atoms. The van der Waals surface area contributed by atoms with Gasteiger partial charge in [-0.3, -0.25) is 0 Å². The van der Waals surface area contributed by atoms with Crippen LogP contribution in [-0.2, 0) is 4.79 Å². The molecule has 0 bridgehead atoms. The molecular formula is C4H6Cl2O3. The Kier molecular flexibility index (Phi) is 3.93. The molecule has 0 aromatic carbocycles. The SMILES string of the molecule is O=C(O)[C@H](O)[C@H](Cl)CCl. The molecule has 9 heavy (non-hydrogen) atoms. The van der Waals surface area contributed by atoms with Crippen LogP contribution < -0.4 is 0 Å². The summed E-state index contributed by atoms with van der Waals surface area (Å²) in [6.07, 6.45) is -1.57. The fourth-order valence-electron chi connectivity index (χ4n) is 0.239. The fourth-order valence-corrected chi connectivity index (χ4v) is 0.516. The highest BCUT2D eigenvalue weighted by atomic mass is 35.5. The molecule has 0 aromatic rings. The van der Waals surface area contributed by atoms with Crippen molar-refractivity contribution < 1.29 is 15.0 Å². The largest absolute Gasteiger partial charge is 0.479 e. The summed E-state index contributed by atoms with van der Waals surface area (Å²) in [7, 11) is 0. The van der Waals surface area contributed by atoms with Gasteiger partial charge in [-0.05, 0) is 0 Å². The lowest BCUT2D eigenvalue weighted by Gasteiger charge is -2.07. The molecule has 2 N–H and O–H groups in total. The molecule has 0 aliphatic carbocycles. The van der Waals surface area contributed by atoms with Crippen LogP contribution in [0.4, 0.5) is 0 Å². The Balaban J connectivity index is 3.72. The molecule has 0 radical (unpaired) electrons. The zero-order valence-electron chi connectivity index (χ0n) is 4.42. The first-order valence-corrected chi connectivity index (χ1v) is 3.17. The molecule has 2 atom stereocenters. The van der Waals surface area contributed by atoms with Gasteiger partial charge in [-0.15, -0.1) is 23.2 Å². The van der Waals surface area contributed by atoms with Crippen molar-refractivity contribution in [3.63, 3.8) is 0 Å². The average molecular weight is 173 g/mol. The number of hydrogen-bond donors (Lipinski definition) is 2. The number of carboxylic acids is 1. The quantitative estimate of drug-likeness (QED) is 0.602. The van der Waals surface area contributed by atoms with Gasteiger partial charge in [-0.25, -0.2) is 4.79 Å². The summed E-state index contributed by atoms with van der Waals surface area (Å²) in [6.45, 7) is 0. The number of carbonyl (C=O) groups is 1. The zero-order chi connectivity index (χ0) is 7.44. The highest BCUT2D eigenvalue weighted by molar-refractivity contribution is 6.29. The van der Waals surface area contributed by atoms with E-state index in [2.05, 4.69) is 0 Å². The van der Waals surface area contributed by atoms with Crippen LogP contribution >= 0.6 is 23.2 Å². The molecule has 0 rings (SSSR count). The molecule has 5 heteroatoms. The van der Waals surface area contributed by atoms with Gasteiger partial charge in [0.25, 0.3) is 0 Å². The maximum atomic E-state index is 9.91. The molecule has 0 amide bonds. The second-order valence-corrected chi connectivity index (χ2v) is 2.32. The van der Waals surface area contributed by atoms with Crippen molar-refractivity contribution in [1.29, 1.82) is 0 Å². The smallest absolute Gasteiger partial charge is 0.334 e. The predicted octanol–water partition coefficient (Wildman–Crippen LogP) is 0.278. The first-order chi connectivity index (χ1) is 4.09. The molecule has 0 fully saturated rings. The normalized spacial score (nSPS) is 16.8.